The second kappa shape index (κ2) is 73.3. The fourth-order valence-electron chi connectivity index (χ4n) is 11.8. The molecule has 2 atom stereocenters. The van der Waals surface area contributed by atoms with E-state index in [1.165, 1.54) is 334 Å². The number of aliphatic hydroxyl groups is 2. The maximum atomic E-state index is 12.5. The third-order valence-corrected chi connectivity index (χ3v) is 17.6. The van der Waals surface area contributed by atoms with Gasteiger partial charge in [0, 0.05) is 12.8 Å². The molecule has 0 heterocycles. The molecule has 2 unspecified atom stereocenters. The van der Waals surface area contributed by atoms with Crippen LogP contribution in [0.3, 0.4) is 0 Å². The predicted molar refractivity (Wildman–Crippen MR) is 370 cm³/mol. The maximum absolute atomic E-state index is 12.5. The summed E-state index contributed by atoms with van der Waals surface area (Å²) < 4.78 is 5.51. The summed E-state index contributed by atoms with van der Waals surface area (Å²) in [5.41, 5.74) is 0. The highest BCUT2D eigenvalue weighted by molar-refractivity contribution is 5.76. The lowest BCUT2D eigenvalue weighted by atomic mass is 10.0. The van der Waals surface area contributed by atoms with Gasteiger partial charge in [-0.3, -0.25) is 9.59 Å². The molecule has 0 saturated heterocycles. The first-order valence-corrected chi connectivity index (χ1v) is 37.9. The lowest BCUT2D eigenvalue weighted by molar-refractivity contribution is -0.143. The average molecular weight is 1180 g/mol. The summed E-state index contributed by atoms with van der Waals surface area (Å²) >= 11 is 0. The van der Waals surface area contributed by atoms with Crippen LogP contribution in [0.1, 0.15) is 412 Å². The Balaban J connectivity index is 3.38. The minimum Gasteiger partial charge on any atom is -0.466 e. The number of ether oxygens (including phenoxy) is 1. The molecule has 84 heavy (non-hydrogen) atoms. The molecule has 0 rings (SSSR count). The molecule has 0 aliphatic heterocycles. The number of hydrogen-bond acceptors (Lipinski definition) is 5. The maximum Gasteiger partial charge on any atom is 0.305 e. The Morgan fingerprint density at radius 3 is 0.917 bits per heavy atom. The fourth-order valence-corrected chi connectivity index (χ4v) is 11.8. The van der Waals surface area contributed by atoms with Gasteiger partial charge in [0.15, 0.2) is 0 Å². The lowest BCUT2D eigenvalue weighted by Gasteiger charge is -2.20. The van der Waals surface area contributed by atoms with Gasteiger partial charge in [0.2, 0.25) is 5.91 Å². The molecule has 6 nitrogen and oxygen atoms in total. The third kappa shape index (κ3) is 68.9. The van der Waals surface area contributed by atoms with Crippen molar-refractivity contribution in [2.24, 2.45) is 0 Å². The Labute approximate surface area is 525 Å². The second-order valence-corrected chi connectivity index (χ2v) is 26.0. The van der Waals surface area contributed by atoms with Gasteiger partial charge in [-0.15, -0.1) is 0 Å². The Morgan fingerprint density at radius 1 is 0.333 bits per heavy atom. The van der Waals surface area contributed by atoms with E-state index in [2.05, 4.69) is 55.6 Å². The molecule has 0 aromatic rings. The van der Waals surface area contributed by atoms with Crippen molar-refractivity contribution < 1.29 is 24.5 Å². The quantitative estimate of drug-likeness (QED) is 0.0320. The molecule has 0 aromatic heterocycles. The average Bonchev–Trinajstić information content (AvgIpc) is 3.53. The second-order valence-electron chi connectivity index (χ2n) is 26.0. The topological polar surface area (TPSA) is 95.9 Å². The van der Waals surface area contributed by atoms with E-state index in [-0.39, 0.29) is 18.5 Å². The summed E-state index contributed by atoms with van der Waals surface area (Å²) in [7, 11) is 0. The zero-order chi connectivity index (χ0) is 60.6. The summed E-state index contributed by atoms with van der Waals surface area (Å²) in [6, 6.07) is -0.627. The molecule has 0 bridgehead atoms. The zero-order valence-electron chi connectivity index (χ0n) is 56.6. The first-order valence-electron chi connectivity index (χ1n) is 37.9. The van der Waals surface area contributed by atoms with Crippen LogP contribution in [0.15, 0.2) is 48.6 Å². The van der Waals surface area contributed by atoms with Crippen LogP contribution in [-0.2, 0) is 14.3 Å². The first-order chi connectivity index (χ1) is 41.5. The van der Waals surface area contributed by atoms with Crippen molar-refractivity contribution in [1.29, 1.82) is 0 Å². The number of unbranched alkanes of at least 4 members (excludes halogenated alkanes) is 54. The van der Waals surface area contributed by atoms with Crippen molar-refractivity contribution >= 4 is 11.9 Å². The molecule has 494 valence electrons. The molecule has 0 aliphatic carbocycles. The van der Waals surface area contributed by atoms with E-state index in [1.54, 1.807) is 6.08 Å². The number of rotatable bonds is 71. The van der Waals surface area contributed by atoms with Crippen molar-refractivity contribution in [3.05, 3.63) is 48.6 Å². The smallest absolute Gasteiger partial charge is 0.305 e. The molecule has 3 N–H and O–H groups in total. The summed E-state index contributed by atoms with van der Waals surface area (Å²) in [5, 5.41) is 23.2. The van der Waals surface area contributed by atoms with Gasteiger partial charge in [0.1, 0.15) is 0 Å². The lowest BCUT2D eigenvalue weighted by Crippen LogP contribution is -2.45. The molecule has 0 radical (unpaired) electrons. The van der Waals surface area contributed by atoms with Crippen LogP contribution in [0.4, 0.5) is 0 Å². The molecule has 0 aromatic carbocycles. The van der Waals surface area contributed by atoms with Gasteiger partial charge in [0.25, 0.3) is 0 Å². The normalized spacial score (nSPS) is 12.8. The fraction of sp³-hybridized carbons (Fsp3) is 0.872. The summed E-state index contributed by atoms with van der Waals surface area (Å²) in [6.07, 6.45) is 96.5. The number of aliphatic hydroxyl groups excluding tert-OH is 2. The van der Waals surface area contributed by atoms with Crippen LogP contribution in [0.2, 0.25) is 0 Å². The van der Waals surface area contributed by atoms with E-state index < -0.39 is 12.1 Å². The van der Waals surface area contributed by atoms with Crippen LogP contribution in [0.5, 0.6) is 0 Å². The highest BCUT2D eigenvalue weighted by Crippen LogP contribution is 2.19. The first kappa shape index (κ1) is 81.8. The third-order valence-electron chi connectivity index (χ3n) is 17.6. The molecule has 0 fully saturated rings. The largest absolute Gasteiger partial charge is 0.466 e. The van der Waals surface area contributed by atoms with Crippen molar-refractivity contribution in [3.63, 3.8) is 0 Å². The minimum atomic E-state index is -0.843. The van der Waals surface area contributed by atoms with E-state index in [0.717, 1.165) is 51.4 Å². The van der Waals surface area contributed by atoms with Gasteiger partial charge in [-0.05, 0) is 89.9 Å². The van der Waals surface area contributed by atoms with Crippen LogP contribution < -0.4 is 5.32 Å². The number of nitrogens with one attached hydrogen (secondary N) is 1. The van der Waals surface area contributed by atoms with Gasteiger partial charge in [0.05, 0.1) is 25.4 Å². The van der Waals surface area contributed by atoms with Gasteiger partial charge in [-0.25, -0.2) is 0 Å². The van der Waals surface area contributed by atoms with E-state index in [1.807, 2.05) is 6.08 Å². The van der Waals surface area contributed by atoms with Crippen molar-refractivity contribution in [3.8, 4) is 0 Å². The van der Waals surface area contributed by atoms with E-state index in [9.17, 15) is 19.8 Å². The van der Waals surface area contributed by atoms with E-state index >= 15 is 0 Å². The minimum absolute atomic E-state index is 0.0139. The predicted octanol–water partition coefficient (Wildman–Crippen LogP) is 24.8. The van der Waals surface area contributed by atoms with Crippen molar-refractivity contribution in [1.82, 2.24) is 5.32 Å². The molecule has 6 heteroatoms. The van der Waals surface area contributed by atoms with Crippen LogP contribution in [-0.4, -0.2) is 47.4 Å². The molecular weight excluding hydrogens is 1030 g/mol. The summed E-state index contributed by atoms with van der Waals surface area (Å²) in [6.45, 7) is 4.93. The van der Waals surface area contributed by atoms with Gasteiger partial charge >= 0.3 is 5.97 Å². The number of allylic oxidation sites excluding steroid dienone is 7. The molecule has 0 spiro atoms. The molecule has 0 aliphatic rings. The Hall–Kier alpha value is -2.18. The number of hydrogen-bond donors (Lipinski definition) is 3. The number of carbonyl (C=O) groups is 2. The van der Waals surface area contributed by atoms with Gasteiger partial charge in [-0.2, -0.15) is 0 Å². The van der Waals surface area contributed by atoms with Crippen molar-refractivity contribution in [2.45, 2.75) is 424 Å². The SMILES string of the molecule is CCCCCCCC/C=C\CCCCCCCCCCCC(=O)OCCCCCCCCCCC/C=C\C/C=C\CCCCCCCCCCCCCCCCCCCC(=O)NC(CO)C(O)/C=C/CCCCCCCCCCCCCCC. The zero-order valence-corrected chi connectivity index (χ0v) is 56.6. The van der Waals surface area contributed by atoms with E-state index in [0.29, 0.717) is 19.4 Å². The number of amides is 1. The Morgan fingerprint density at radius 2 is 0.595 bits per heavy atom. The summed E-state index contributed by atoms with van der Waals surface area (Å²) in [5.74, 6) is -0.0502. The molecule has 0 saturated carbocycles. The Kier molecular flexibility index (Phi) is 71.4. The summed E-state index contributed by atoms with van der Waals surface area (Å²) in [4.78, 5) is 24.6. The highest BCUT2D eigenvalue weighted by atomic mass is 16.5. The molecule has 1 amide bonds. The van der Waals surface area contributed by atoms with Crippen LogP contribution in [0, 0.1) is 0 Å². The van der Waals surface area contributed by atoms with Crippen LogP contribution in [0.25, 0.3) is 0 Å². The molecular formula is C78H147NO5. The van der Waals surface area contributed by atoms with Crippen molar-refractivity contribution in [2.75, 3.05) is 13.2 Å². The standard InChI is InChI=1S/C78H147NO5/c1-3-5-7-9-11-13-15-17-19-20-36-40-44-48-52-56-60-64-68-72-78(83)84-73-69-65-61-57-53-49-45-41-38-35-33-31-29-27-25-23-21-22-24-26-28-30-32-34-37-39-43-47-51-55-59-63-67-71-77(82)79-75(74-80)76(81)70-66-62-58-54-50-46-42-18-16-14-12-10-8-6-4-2/h17,19,25,27,31,33,66,70,75-76,80-81H,3-16,18,20-24,26,28-30,32,34-65,67-69,71-74H2,1-2H3,(H,79,82)/b19-17-,27-25-,33-31-,70-66+. The highest BCUT2D eigenvalue weighted by Gasteiger charge is 2.18. The number of esters is 1. The monoisotopic (exact) mass is 1180 g/mol. The van der Waals surface area contributed by atoms with E-state index in [4.69, 9.17) is 4.74 Å². The number of carbonyl (C=O) groups excluding carboxylic acids is 2. The Bertz CT molecular complexity index is 1400. The van der Waals surface area contributed by atoms with Crippen LogP contribution >= 0.6 is 0 Å². The van der Waals surface area contributed by atoms with Gasteiger partial charge < -0.3 is 20.3 Å². The van der Waals surface area contributed by atoms with Gasteiger partial charge in [-0.1, -0.05) is 358 Å².